The van der Waals surface area contributed by atoms with E-state index in [0.717, 1.165) is 22.5 Å². The molecule has 0 aliphatic carbocycles. The van der Waals surface area contributed by atoms with Crippen molar-refractivity contribution in [1.29, 1.82) is 0 Å². The summed E-state index contributed by atoms with van der Waals surface area (Å²) in [6.45, 7) is 6.92. The van der Waals surface area contributed by atoms with Crippen molar-refractivity contribution in [2.75, 3.05) is 5.32 Å². The third-order valence-electron chi connectivity index (χ3n) is 3.22. The van der Waals surface area contributed by atoms with E-state index < -0.39 is 0 Å². The number of nitrogens with zero attached hydrogens (tertiary/aromatic N) is 2. The second kappa shape index (κ2) is 5.88. The fourth-order valence-electron chi connectivity index (χ4n) is 2.09. The van der Waals surface area contributed by atoms with E-state index >= 15 is 0 Å². The fraction of sp³-hybridized carbons (Fsp3) is 0.333. The molecule has 1 amide bonds. The molecule has 0 spiro atoms. The summed E-state index contributed by atoms with van der Waals surface area (Å²) in [6.07, 6.45) is 0. The van der Waals surface area contributed by atoms with Crippen molar-refractivity contribution < 1.29 is 4.79 Å². The Bertz CT molecular complexity index is 631. The summed E-state index contributed by atoms with van der Waals surface area (Å²) < 4.78 is 1.70. The van der Waals surface area contributed by atoms with Gasteiger partial charge in [-0.3, -0.25) is 9.48 Å². The first kappa shape index (κ1) is 14.3. The number of rotatable bonds is 4. The van der Waals surface area contributed by atoms with Crippen LogP contribution in [0.3, 0.4) is 0 Å². The molecule has 1 heterocycles. The van der Waals surface area contributed by atoms with Crippen molar-refractivity contribution in [3.63, 3.8) is 0 Å². The molecular weight excluding hydrogens is 252 g/mol. The maximum Gasteiger partial charge on any atom is 0.273 e. The van der Waals surface area contributed by atoms with E-state index in [1.54, 1.807) is 10.7 Å². The zero-order valence-electron chi connectivity index (χ0n) is 12.1. The van der Waals surface area contributed by atoms with Crippen molar-refractivity contribution in [2.24, 2.45) is 5.73 Å². The zero-order valence-corrected chi connectivity index (χ0v) is 12.1. The third kappa shape index (κ3) is 2.88. The summed E-state index contributed by atoms with van der Waals surface area (Å²) in [5.41, 5.74) is 9.83. The van der Waals surface area contributed by atoms with Gasteiger partial charge in [0.2, 0.25) is 0 Å². The lowest BCUT2D eigenvalue weighted by Crippen LogP contribution is -2.18. The highest BCUT2D eigenvalue weighted by molar-refractivity contribution is 6.03. The minimum atomic E-state index is -0.148. The summed E-state index contributed by atoms with van der Waals surface area (Å²) >= 11 is 0. The Balaban J connectivity index is 2.27. The molecule has 0 fully saturated rings. The van der Waals surface area contributed by atoms with E-state index in [9.17, 15) is 4.79 Å². The number of hydrogen-bond acceptors (Lipinski definition) is 3. The van der Waals surface area contributed by atoms with Gasteiger partial charge in [0.1, 0.15) is 5.69 Å². The Kier molecular flexibility index (Phi) is 4.20. The summed E-state index contributed by atoms with van der Waals surface area (Å²) in [6, 6.07) is 7.62. The molecule has 0 saturated heterocycles. The average molecular weight is 272 g/mol. The van der Waals surface area contributed by atoms with Gasteiger partial charge in [-0.2, -0.15) is 5.10 Å². The molecule has 0 bridgehead atoms. The number of carbonyl (C=O) groups is 1. The van der Waals surface area contributed by atoms with Crippen LogP contribution in [0, 0.1) is 13.8 Å². The topological polar surface area (TPSA) is 72.9 Å². The molecule has 5 nitrogen and oxygen atoms in total. The zero-order chi connectivity index (χ0) is 14.7. The van der Waals surface area contributed by atoms with Crippen LogP contribution in [0.4, 0.5) is 5.69 Å². The molecule has 20 heavy (non-hydrogen) atoms. The van der Waals surface area contributed by atoms with Gasteiger partial charge in [-0.25, -0.2) is 0 Å². The normalized spacial score (nSPS) is 10.6. The minimum absolute atomic E-state index is 0.148. The van der Waals surface area contributed by atoms with Crippen molar-refractivity contribution in [2.45, 2.75) is 33.9 Å². The predicted molar refractivity (Wildman–Crippen MR) is 79.7 cm³/mol. The first-order valence-electron chi connectivity index (χ1n) is 6.70. The Morgan fingerprint density at radius 3 is 2.75 bits per heavy atom. The standard InChI is InChI=1S/C15H20N4O/c1-4-19-14(7-11(3)18-19)15(20)17-13-8-12(9-16)6-5-10(13)2/h5-8H,4,9,16H2,1-3H3,(H,17,20). The highest BCUT2D eigenvalue weighted by Crippen LogP contribution is 2.18. The van der Waals surface area contributed by atoms with E-state index in [2.05, 4.69) is 10.4 Å². The SMILES string of the molecule is CCn1nc(C)cc1C(=O)Nc1cc(CN)ccc1C. The molecule has 3 N–H and O–H groups in total. The molecule has 2 rings (SSSR count). The Morgan fingerprint density at radius 2 is 2.10 bits per heavy atom. The summed E-state index contributed by atoms with van der Waals surface area (Å²) in [7, 11) is 0. The number of aromatic nitrogens is 2. The van der Waals surface area contributed by atoms with Gasteiger partial charge < -0.3 is 11.1 Å². The van der Waals surface area contributed by atoms with Crippen molar-refractivity contribution in [3.8, 4) is 0 Å². The van der Waals surface area contributed by atoms with E-state index in [0.29, 0.717) is 18.8 Å². The second-order valence-electron chi connectivity index (χ2n) is 4.79. The Labute approximate surface area is 118 Å². The maximum atomic E-state index is 12.4. The van der Waals surface area contributed by atoms with Crippen molar-refractivity contribution in [1.82, 2.24) is 9.78 Å². The van der Waals surface area contributed by atoms with Gasteiger partial charge in [0, 0.05) is 18.8 Å². The van der Waals surface area contributed by atoms with Crippen molar-refractivity contribution >= 4 is 11.6 Å². The Hall–Kier alpha value is -2.14. The van der Waals surface area contributed by atoms with Crippen LogP contribution in [0.1, 0.15) is 34.2 Å². The monoisotopic (exact) mass is 272 g/mol. The van der Waals surface area contributed by atoms with Crippen LogP contribution in [-0.4, -0.2) is 15.7 Å². The van der Waals surface area contributed by atoms with E-state index in [1.165, 1.54) is 0 Å². The lowest BCUT2D eigenvalue weighted by Gasteiger charge is -2.10. The molecular formula is C15H20N4O. The van der Waals surface area contributed by atoms with Crippen LogP contribution >= 0.6 is 0 Å². The molecule has 0 aliphatic rings. The maximum absolute atomic E-state index is 12.4. The van der Waals surface area contributed by atoms with E-state index in [4.69, 9.17) is 5.73 Å². The number of amides is 1. The quantitative estimate of drug-likeness (QED) is 0.896. The fourth-order valence-corrected chi connectivity index (χ4v) is 2.09. The molecule has 1 aromatic carbocycles. The van der Waals surface area contributed by atoms with Gasteiger partial charge in [-0.15, -0.1) is 0 Å². The van der Waals surface area contributed by atoms with Crippen LogP contribution in [0.25, 0.3) is 0 Å². The average Bonchev–Trinajstić information content (AvgIpc) is 2.82. The molecule has 5 heteroatoms. The third-order valence-corrected chi connectivity index (χ3v) is 3.22. The number of aryl methyl sites for hydroxylation is 3. The van der Waals surface area contributed by atoms with Crippen LogP contribution in [0.2, 0.25) is 0 Å². The second-order valence-corrected chi connectivity index (χ2v) is 4.79. The van der Waals surface area contributed by atoms with E-state index in [1.807, 2.05) is 39.0 Å². The van der Waals surface area contributed by atoms with Crippen molar-refractivity contribution in [3.05, 3.63) is 46.8 Å². The van der Waals surface area contributed by atoms with Gasteiger partial charge >= 0.3 is 0 Å². The van der Waals surface area contributed by atoms with Gasteiger partial charge in [-0.1, -0.05) is 12.1 Å². The van der Waals surface area contributed by atoms with Crippen LogP contribution in [-0.2, 0) is 13.1 Å². The molecule has 2 aromatic rings. The first-order valence-corrected chi connectivity index (χ1v) is 6.70. The number of nitrogens with one attached hydrogen (secondary N) is 1. The van der Waals surface area contributed by atoms with Gasteiger partial charge in [0.05, 0.1) is 5.69 Å². The number of nitrogens with two attached hydrogens (primary N) is 1. The van der Waals surface area contributed by atoms with E-state index in [-0.39, 0.29) is 5.91 Å². The van der Waals surface area contributed by atoms with Gasteiger partial charge in [0.15, 0.2) is 0 Å². The summed E-state index contributed by atoms with van der Waals surface area (Å²) in [4.78, 5) is 12.4. The largest absolute Gasteiger partial charge is 0.326 e. The predicted octanol–water partition coefficient (Wildman–Crippen LogP) is 2.23. The summed E-state index contributed by atoms with van der Waals surface area (Å²) in [5, 5.41) is 7.22. The smallest absolute Gasteiger partial charge is 0.273 e. The van der Waals surface area contributed by atoms with Gasteiger partial charge in [0.25, 0.3) is 5.91 Å². The number of anilines is 1. The molecule has 0 aliphatic heterocycles. The van der Waals surface area contributed by atoms with Gasteiger partial charge in [-0.05, 0) is 44.0 Å². The lowest BCUT2D eigenvalue weighted by molar-refractivity contribution is 0.101. The van der Waals surface area contributed by atoms with Crippen LogP contribution < -0.4 is 11.1 Å². The molecule has 106 valence electrons. The molecule has 0 saturated carbocycles. The lowest BCUT2D eigenvalue weighted by atomic mass is 10.1. The van der Waals surface area contributed by atoms with Crippen LogP contribution in [0.15, 0.2) is 24.3 Å². The van der Waals surface area contributed by atoms with Crippen LogP contribution in [0.5, 0.6) is 0 Å². The first-order chi connectivity index (χ1) is 9.55. The highest BCUT2D eigenvalue weighted by atomic mass is 16.2. The highest BCUT2D eigenvalue weighted by Gasteiger charge is 2.14. The molecule has 1 aromatic heterocycles. The molecule has 0 unspecified atom stereocenters. The minimum Gasteiger partial charge on any atom is -0.326 e. The summed E-state index contributed by atoms with van der Waals surface area (Å²) in [5.74, 6) is -0.148. The number of carbonyl (C=O) groups excluding carboxylic acids is 1. The molecule has 0 atom stereocenters. The Morgan fingerprint density at radius 1 is 1.35 bits per heavy atom. The molecule has 0 radical (unpaired) electrons. The number of hydrogen-bond donors (Lipinski definition) is 2. The number of benzene rings is 1.